The van der Waals surface area contributed by atoms with E-state index in [4.69, 9.17) is 22.1 Å². The van der Waals surface area contributed by atoms with Gasteiger partial charge in [-0.05, 0) is 31.3 Å². The summed E-state index contributed by atoms with van der Waals surface area (Å²) in [7, 11) is 0. The molecule has 4 heterocycles. The van der Waals surface area contributed by atoms with Crippen molar-refractivity contribution in [3.63, 3.8) is 0 Å². The standard InChI is InChI=1S/C25H33ClN6O4/c26-21-20(23(27)33)19-16-31(10-11-32(19)22(21)17-4-2-1-3-5-17)24(34)28-18-6-8-29(9-7-18)25(35)30-12-14-36-15-13-30/h2,4-5,18H,1,3,6-16H2,(H2,27,33)(H,28,34). The van der Waals surface area contributed by atoms with E-state index in [1.165, 1.54) is 0 Å². The van der Waals surface area contributed by atoms with Crippen molar-refractivity contribution in [1.82, 2.24) is 24.6 Å². The van der Waals surface area contributed by atoms with E-state index in [2.05, 4.69) is 17.5 Å². The summed E-state index contributed by atoms with van der Waals surface area (Å²) in [6.45, 7) is 4.91. The van der Waals surface area contributed by atoms with Crippen molar-refractivity contribution in [3.05, 3.63) is 40.2 Å². The lowest BCUT2D eigenvalue weighted by molar-refractivity contribution is 0.0408. The van der Waals surface area contributed by atoms with E-state index in [0.717, 1.165) is 24.1 Å². The SMILES string of the molecule is NC(=O)c1c(Cl)c(C2=CCCC=C2)n2c1CN(C(=O)NC1CCN(C(=O)N3CCOCC3)CC1)CC2. The molecule has 194 valence electrons. The lowest BCUT2D eigenvalue weighted by Gasteiger charge is -2.38. The van der Waals surface area contributed by atoms with Gasteiger partial charge in [0.15, 0.2) is 0 Å². The molecule has 3 aliphatic heterocycles. The number of aromatic nitrogens is 1. The van der Waals surface area contributed by atoms with Gasteiger partial charge in [-0.2, -0.15) is 0 Å². The van der Waals surface area contributed by atoms with Crippen LogP contribution in [0.1, 0.15) is 47.4 Å². The first-order valence-electron chi connectivity index (χ1n) is 12.7. The van der Waals surface area contributed by atoms with E-state index >= 15 is 0 Å². The average molecular weight is 517 g/mol. The summed E-state index contributed by atoms with van der Waals surface area (Å²) in [5.74, 6) is -0.588. The maximum absolute atomic E-state index is 13.1. The number of nitrogens with one attached hydrogen (secondary N) is 1. The second-order valence-corrected chi connectivity index (χ2v) is 10.0. The van der Waals surface area contributed by atoms with Crippen LogP contribution in [0.25, 0.3) is 5.57 Å². The van der Waals surface area contributed by atoms with Crippen LogP contribution in [0, 0.1) is 0 Å². The van der Waals surface area contributed by atoms with E-state index in [9.17, 15) is 14.4 Å². The highest BCUT2D eigenvalue weighted by molar-refractivity contribution is 6.36. The largest absolute Gasteiger partial charge is 0.378 e. The molecule has 5 rings (SSSR count). The summed E-state index contributed by atoms with van der Waals surface area (Å²) in [4.78, 5) is 43.6. The lowest BCUT2D eigenvalue weighted by Crippen LogP contribution is -2.54. The first-order valence-corrected chi connectivity index (χ1v) is 13.1. The maximum Gasteiger partial charge on any atom is 0.320 e. The number of amides is 5. The zero-order valence-corrected chi connectivity index (χ0v) is 21.1. The number of carbonyl (C=O) groups excluding carboxylic acids is 3. The van der Waals surface area contributed by atoms with Gasteiger partial charge in [0.05, 0.1) is 41.7 Å². The van der Waals surface area contributed by atoms with Crippen LogP contribution in [-0.4, -0.2) is 89.2 Å². The monoisotopic (exact) mass is 516 g/mol. The molecule has 11 heteroatoms. The van der Waals surface area contributed by atoms with Gasteiger partial charge in [-0.1, -0.05) is 29.8 Å². The summed E-state index contributed by atoms with van der Waals surface area (Å²) in [6.07, 6.45) is 9.54. The molecule has 0 radical (unpaired) electrons. The summed E-state index contributed by atoms with van der Waals surface area (Å²) in [5, 5.41) is 3.48. The molecule has 0 unspecified atom stereocenters. The number of urea groups is 2. The van der Waals surface area contributed by atoms with E-state index in [-0.39, 0.29) is 24.6 Å². The number of carbonyl (C=O) groups is 3. The van der Waals surface area contributed by atoms with Crippen molar-refractivity contribution in [1.29, 1.82) is 0 Å². The fourth-order valence-electron chi connectivity index (χ4n) is 5.46. The van der Waals surface area contributed by atoms with E-state index < -0.39 is 5.91 Å². The van der Waals surface area contributed by atoms with Crippen LogP contribution in [0.2, 0.25) is 5.02 Å². The molecule has 5 amide bonds. The highest BCUT2D eigenvalue weighted by Gasteiger charge is 2.33. The van der Waals surface area contributed by atoms with Gasteiger partial charge in [-0.3, -0.25) is 4.79 Å². The molecule has 10 nitrogen and oxygen atoms in total. The van der Waals surface area contributed by atoms with Crippen molar-refractivity contribution in [2.45, 2.75) is 44.8 Å². The Balaban J connectivity index is 1.22. The molecule has 2 fully saturated rings. The van der Waals surface area contributed by atoms with Gasteiger partial charge in [0.25, 0.3) is 5.91 Å². The fraction of sp³-hybridized carbons (Fsp3) is 0.560. The molecule has 0 saturated carbocycles. The highest BCUT2D eigenvalue weighted by atomic mass is 35.5. The zero-order chi connectivity index (χ0) is 25.2. The fourth-order valence-corrected chi connectivity index (χ4v) is 5.87. The molecule has 0 spiro atoms. The minimum absolute atomic E-state index is 0.00718. The Labute approximate surface area is 215 Å². The number of primary amides is 1. The molecule has 1 aromatic rings. The quantitative estimate of drug-likeness (QED) is 0.642. The van der Waals surface area contributed by atoms with E-state index in [1.807, 2.05) is 20.4 Å². The Morgan fingerprint density at radius 2 is 1.69 bits per heavy atom. The summed E-state index contributed by atoms with van der Waals surface area (Å²) >= 11 is 6.67. The van der Waals surface area contributed by atoms with Crippen LogP contribution >= 0.6 is 11.6 Å². The number of likely N-dealkylation sites (tertiary alicyclic amines) is 1. The maximum atomic E-state index is 13.1. The number of ether oxygens (including phenoxy) is 1. The van der Waals surface area contributed by atoms with Crippen LogP contribution in [0.5, 0.6) is 0 Å². The Morgan fingerprint density at radius 3 is 2.36 bits per heavy atom. The lowest BCUT2D eigenvalue weighted by atomic mass is 10.0. The number of morpholine rings is 1. The van der Waals surface area contributed by atoms with Gasteiger partial charge in [-0.15, -0.1) is 0 Å². The molecule has 2 saturated heterocycles. The van der Waals surface area contributed by atoms with Crippen LogP contribution in [0.15, 0.2) is 18.2 Å². The number of piperidine rings is 1. The number of allylic oxidation sites excluding steroid dienone is 4. The van der Waals surface area contributed by atoms with Gasteiger partial charge < -0.3 is 35.1 Å². The molecule has 0 atom stereocenters. The van der Waals surface area contributed by atoms with E-state index in [0.29, 0.717) is 81.6 Å². The minimum Gasteiger partial charge on any atom is -0.378 e. The molecule has 0 aromatic carbocycles. The second kappa shape index (κ2) is 10.6. The predicted molar refractivity (Wildman–Crippen MR) is 136 cm³/mol. The Bertz CT molecular complexity index is 1100. The highest BCUT2D eigenvalue weighted by Crippen LogP contribution is 2.37. The number of hydrogen-bond acceptors (Lipinski definition) is 4. The third kappa shape index (κ3) is 4.84. The molecule has 36 heavy (non-hydrogen) atoms. The zero-order valence-electron chi connectivity index (χ0n) is 20.4. The number of nitrogens with zero attached hydrogens (tertiary/aromatic N) is 4. The van der Waals surface area contributed by atoms with Crippen LogP contribution in [-0.2, 0) is 17.8 Å². The number of nitrogens with two attached hydrogens (primary N) is 1. The second-order valence-electron chi connectivity index (χ2n) is 9.65. The van der Waals surface area contributed by atoms with Gasteiger partial charge in [0.2, 0.25) is 0 Å². The summed E-state index contributed by atoms with van der Waals surface area (Å²) in [6, 6.07) is -0.132. The summed E-state index contributed by atoms with van der Waals surface area (Å²) in [5.41, 5.74) is 8.46. The van der Waals surface area contributed by atoms with Crippen LogP contribution in [0.3, 0.4) is 0 Å². The topological polar surface area (TPSA) is 113 Å². The Kier molecular flexibility index (Phi) is 7.25. The molecular formula is C25H33ClN6O4. The molecule has 1 aromatic heterocycles. The number of halogens is 1. The third-order valence-corrected chi connectivity index (χ3v) is 7.79. The van der Waals surface area contributed by atoms with Crippen molar-refractivity contribution in [2.75, 3.05) is 45.9 Å². The third-order valence-electron chi connectivity index (χ3n) is 7.42. The van der Waals surface area contributed by atoms with Crippen molar-refractivity contribution >= 4 is 35.1 Å². The molecule has 0 bridgehead atoms. The molecule has 3 N–H and O–H groups in total. The molecular weight excluding hydrogens is 484 g/mol. The average Bonchev–Trinajstić information content (AvgIpc) is 3.20. The number of rotatable bonds is 3. The van der Waals surface area contributed by atoms with Crippen molar-refractivity contribution in [3.8, 4) is 0 Å². The molecule has 4 aliphatic rings. The van der Waals surface area contributed by atoms with Crippen LogP contribution < -0.4 is 11.1 Å². The van der Waals surface area contributed by atoms with Gasteiger partial charge >= 0.3 is 12.1 Å². The number of hydrogen-bond donors (Lipinski definition) is 2. The first kappa shape index (κ1) is 24.7. The first-order chi connectivity index (χ1) is 17.4. The molecule has 1 aliphatic carbocycles. The van der Waals surface area contributed by atoms with Gasteiger partial charge in [-0.25, -0.2) is 9.59 Å². The smallest absolute Gasteiger partial charge is 0.320 e. The summed E-state index contributed by atoms with van der Waals surface area (Å²) < 4.78 is 7.36. The van der Waals surface area contributed by atoms with E-state index in [1.54, 1.807) is 4.90 Å². The Hall–Kier alpha value is -2.98. The Morgan fingerprint density at radius 1 is 0.972 bits per heavy atom. The van der Waals surface area contributed by atoms with Crippen molar-refractivity contribution < 1.29 is 19.1 Å². The van der Waals surface area contributed by atoms with Gasteiger partial charge in [0.1, 0.15) is 0 Å². The normalized spacial score (nSPS) is 20.7. The van der Waals surface area contributed by atoms with Crippen LogP contribution in [0.4, 0.5) is 9.59 Å². The minimum atomic E-state index is -0.588. The van der Waals surface area contributed by atoms with Gasteiger partial charge in [0, 0.05) is 45.3 Å². The predicted octanol–water partition coefficient (Wildman–Crippen LogP) is 2.42. The van der Waals surface area contributed by atoms with Crippen molar-refractivity contribution in [2.24, 2.45) is 5.73 Å². The number of fused-ring (bicyclic) bond motifs is 1.